The molecular formula is C13H17NO2. The molecule has 0 saturated heterocycles. The molecule has 0 spiro atoms. The highest BCUT2D eigenvalue weighted by Crippen LogP contribution is 2.22. The van der Waals surface area contributed by atoms with Crippen LogP contribution in [0, 0.1) is 0 Å². The van der Waals surface area contributed by atoms with E-state index in [1.54, 1.807) is 0 Å². The second-order valence-corrected chi connectivity index (χ2v) is 4.38. The van der Waals surface area contributed by atoms with Crippen molar-refractivity contribution in [3.05, 3.63) is 35.4 Å². The second-order valence-electron chi connectivity index (χ2n) is 4.38. The monoisotopic (exact) mass is 219 g/mol. The maximum atomic E-state index is 11.8. The molecule has 3 nitrogen and oxygen atoms in total. The van der Waals surface area contributed by atoms with Gasteiger partial charge in [0.05, 0.1) is 6.10 Å². The normalized spacial score (nSPS) is 14.3. The number of carbonyl (C=O) groups excluding carboxylic acids is 1. The molecule has 1 aliphatic heterocycles. The Bertz CT molecular complexity index is 362. The standard InChI is InChI=1S/C13H17NO2/c1-10(2)16-9-13(15)14-7-11-5-3-4-6-12(11)8-14/h3-6,10H,7-9H2,1-2H3. The van der Waals surface area contributed by atoms with E-state index < -0.39 is 0 Å². The highest BCUT2D eigenvalue weighted by Gasteiger charge is 2.22. The molecule has 1 amide bonds. The molecule has 1 aromatic rings. The van der Waals surface area contributed by atoms with Crippen LogP contribution in [0.2, 0.25) is 0 Å². The maximum absolute atomic E-state index is 11.8. The summed E-state index contributed by atoms with van der Waals surface area (Å²) in [4.78, 5) is 13.7. The van der Waals surface area contributed by atoms with Crippen LogP contribution in [-0.2, 0) is 22.6 Å². The SMILES string of the molecule is CC(C)OCC(=O)N1Cc2ccccc2C1. The van der Waals surface area contributed by atoms with Gasteiger partial charge in [-0.15, -0.1) is 0 Å². The van der Waals surface area contributed by atoms with Gasteiger partial charge in [0.1, 0.15) is 6.61 Å². The van der Waals surface area contributed by atoms with E-state index in [0.717, 1.165) is 13.1 Å². The highest BCUT2D eigenvalue weighted by molar-refractivity contribution is 5.78. The molecule has 86 valence electrons. The average Bonchev–Trinajstić information content (AvgIpc) is 2.69. The lowest BCUT2D eigenvalue weighted by atomic mass is 10.1. The molecule has 16 heavy (non-hydrogen) atoms. The van der Waals surface area contributed by atoms with Crippen LogP contribution in [0.5, 0.6) is 0 Å². The van der Waals surface area contributed by atoms with Gasteiger partial charge in [-0.25, -0.2) is 0 Å². The van der Waals surface area contributed by atoms with E-state index in [0.29, 0.717) is 0 Å². The van der Waals surface area contributed by atoms with E-state index in [4.69, 9.17) is 4.74 Å². The lowest BCUT2D eigenvalue weighted by Crippen LogP contribution is -2.30. The first-order valence-corrected chi connectivity index (χ1v) is 5.63. The van der Waals surface area contributed by atoms with Crippen molar-refractivity contribution < 1.29 is 9.53 Å². The number of hydrogen-bond acceptors (Lipinski definition) is 2. The number of ether oxygens (including phenoxy) is 1. The number of hydrogen-bond donors (Lipinski definition) is 0. The third-order valence-corrected chi connectivity index (χ3v) is 2.73. The predicted molar refractivity (Wildman–Crippen MR) is 61.8 cm³/mol. The van der Waals surface area contributed by atoms with E-state index in [1.165, 1.54) is 11.1 Å². The van der Waals surface area contributed by atoms with Crippen molar-refractivity contribution in [2.24, 2.45) is 0 Å². The van der Waals surface area contributed by atoms with Crippen molar-refractivity contribution in [1.29, 1.82) is 0 Å². The van der Waals surface area contributed by atoms with Crippen LogP contribution >= 0.6 is 0 Å². The quantitative estimate of drug-likeness (QED) is 0.777. The largest absolute Gasteiger partial charge is 0.369 e. The van der Waals surface area contributed by atoms with Gasteiger partial charge >= 0.3 is 0 Å². The Morgan fingerprint density at radius 2 is 1.88 bits per heavy atom. The number of rotatable bonds is 3. The van der Waals surface area contributed by atoms with Gasteiger partial charge in [0, 0.05) is 13.1 Å². The minimum Gasteiger partial charge on any atom is -0.369 e. The first kappa shape index (κ1) is 11.1. The van der Waals surface area contributed by atoms with E-state index in [9.17, 15) is 4.79 Å². The van der Waals surface area contributed by atoms with Crippen molar-refractivity contribution in [3.8, 4) is 0 Å². The van der Waals surface area contributed by atoms with Gasteiger partial charge in [0.25, 0.3) is 0 Å². The molecule has 0 bridgehead atoms. The molecule has 0 unspecified atom stereocenters. The molecule has 1 aromatic carbocycles. The van der Waals surface area contributed by atoms with Crippen molar-refractivity contribution in [1.82, 2.24) is 4.90 Å². The Morgan fingerprint density at radius 3 is 2.38 bits per heavy atom. The molecule has 1 aliphatic rings. The van der Waals surface area contributed by atoms with Crippen LogP contribution in [0.1, 0.15) is 25.0 Å². The van der Waals surface area contributed by atoms with E-state index in [1.807, 2.05) is 30.9 Å². The molecule has 0 aliphatic carbocycles. The summed E-state index contributed by atoms with van der Waals surface area (Å²) in [6.07, 6.45) is 0.105. The Balaban J connectivity index is 1.93. The fourth-order valence-corrected chi connectivity index (χ4v) is 1.84. The third-order valence-electron chi connectivity index (χ3n) is 2.73. The summed E-state index contributed by atoms with van der Waals surface area (Å²) in [7, 11) is 0. The number of nitrogens with zero attached hydrogens (tertiary/aromatic N) is 1. The summed E-state index contributed by atoms with van der Waals surface area (Å²) in [5.41, 5.74) is 2.50. The third kappa shape index (κ3) is 2.42. The first-order valence-electron chi connectivity index (χ1n) is 5.63. The molecular weight excluding hydrogens is 202 g/mol. The summed E-state index contributed by atoms with van der Waals surface area (Å²) in [5, 5.41) is 0. The van der Waals surface area contributed by atoms with Gasteiger partial charge in [-0.05, 0) is 25.0 Å². The second kappa shape index (κ2) is 4.66. The average molecular weight is 219 g/mol. The van der Waals surface area contributed by atoms with Crippen molar-refractivity contribution in [3.63, 3.8) is 0 Å². The van der Waals surface area contributed by atoms with Crippen LogP contribution in [0.15, 0.2) is 24.3 Å². The number of fused-ring (bicyclic) bond motifs is 1. The topological polar surface area (TPSA) is 29.5 Å². The molecule has 0 radical (unpaired) electrons. The molecule has 3 heteroatoms. The van der Waals surface area contributed by atoms with E-state index in [-0.39, 0.29) is 18.6 Å². The van der Waals surface area contributed by atoms with E-state index >= 15 is 0 Å². The number of benzene rings is 1. The zero-order valence-electron chi connectivity index (χ0n) is 9.77. The van der Waals surface area contributed by atoms with Crippen LogP contribution in [0.4, 0.5) is 0 Å². The Hall–Kier alpha value is -1.35. The number of carbonyl (C=O) groups is 1. The summed E-state index contributed by atoms with van der Waals surface area (Å²) < 4.78 is 5.32. The zero-order chi connectivity index (χ0) is 11.5. The lowest BCUT2D eigenvalue weighted by Gasteiger charge is -2.16. The van der Waals surface area contributed by atoms with Crippen LogP contribution in [0.3, 0.4) is 0 Å². The molecule has 0 atom stereocenters. The summed E-state index contributed by atoms with van der Waals surface area (Å²) in [5.74, 6) is 0.0740. The Labute approximate surface area is 96.0 Å². The van der Waals surface area contributed by atoms with Gasteiger partial charge in [-0.1, -0.05) is 24.3 Å². The Kier molecular flexibility index (Phi) is 3.25. The molecule has 0 fully saturated rings. The molecule has 0 N–H and O–H groups in total. The van der Waals surface area contributed by atoms with E-state index in [2.05, 4.69) is 12.1 Å². The molecule has 0 saturated carbocycles. The highest BCUT2D eigenvalue weighted by atomic mass is 16.5. The first-order chi connectivity index (χ1) is 7.66. The molecule has 2 rings (SSSR count). The van der Waals surface area contributed by atoms with Gasteiger partial charge in [0.15, 0.2) is 0 Å². The van der Waals surface area contributed by atoms with Crippen LogP contribution in [-0.4, -0.2) is 23.5 Å². The molecule has 0 aromatic heterocycles. The minimum absolute atomic E-state index is 0.0740. The van der Waals surface area contributed by atoms with Crippen molar-refractivity contribution in [2.45, 2.75) is 33.0 Å². The number of amides is 1. The summed E-state index contributed by atoms with van der Waals surface area (Å²) >= 11 is 0. The van der Waals surface area contributed by atoms with Crippen LogP contribution < -0.4 is 0 Å². The van der Waals surface area contributed by atoms with Crippen molar-refractivity contribution >= 4 is 5.91 Å². The lowest BCUT2D eigenvalue weighted by molar-refractivity contribution is -0.138. The summed E-state index contributed by atoms with van der Waals surface area (Å²) in [6, 6.07) is 8.17. The smallest absolute Gasteiger partial charge is 0.249 e. The minimum atomic E-state index is 0.0740. The van der Waals surface area contributed by atoms with Gasteiger partial charge in [-0.2, -0.15) is 0 Å². The maximum Gasteiger partial charge on any atom is 0.249 e. The zero-order valence-corrected chi connectivity index (χ0v) is 9.77. The van der Waals surface area contributed by atoms with Gasteiger partial charge < -0.3 is 9.64 Å². The van der Waals surface area contributed by atoms with Crippen LogP contribution in [0.25, 0.3) is 0 Å². The van der Waals surface area contributed by atoms with Crippen molar-refractivity contribution in [2.75, 3.05) is 6.61 Å². The molecule has 1 heterocycles. The van der Waals surface area contributed by atoms with Gasteiger partial charge in [-0.3, -0.25) is 4.79 Å². The summed E-state index contributed by atoms with van der Waals surface area (Å²) in [6.45, 7) is 5.50. The van der Waals surface area contributed by atoms with Gasteiger partial charge in [0.2, 0.25) is 5.91 Å². The predicted octanol–water partition coefficient (Wildman–Crippen LogP) is 1.95. The Morgan fingerprint density at radius 1 is 1.31 bits per heavy atom. The fourth-order valence-electron chi connectivity index (χ4n) is 1.84. The fraction of sp³-hybridized carbons (Fsp3) is 0.462.